The third-order valence-electron chi connectivity index (χ3n) is 2.66. The number of halogens is 1. The van der Waals surface area contributed by atoms with Gasteiger partial charge in [-0.15, -0.1) is 16.4 Å². The number of hydrogen-bond acceptors (Lipinski definition) is 6. The molecule has 0 fully saturated rings. The molecule has 0 saturated heterocycles. The molecule has 3 rings (SSSR count). The van der Waals surface area contributed by atoms with Gasteiger partial charge in [-0.1, -0.05) is 11.6 Å². The Kier molecular flexibility index (Phi) is 3.62. The topological polar surface area (TPSA) is 68.5 Å². The zero-order valence-corrected chi connectivity index (χ0v) is 12.2. The second kappa shape index (κ2) is 5.56. The first-order valence-electron chi connectivity index (χ1n) is 5.90. The Bertz CT molecular complexity index is 709. The predicted molar refractivity (Wildman–Crippen MR) is 78.3 cm³/mol. The Morgan fingerprint density at radius 2 is 2.30 bits per heavy atom. The van der Waals surface area contributed by atoms with E-state index in [1.165, 1.54) is 6.33 Å². The van der Waals surface area contributed by atoms with E-state index in [1.807, 2.05) is 30.5 Å². The number of aryl methyl sites for hydroxylation is 1. The number of rotatable bonds is 4. The summed E-state index contributed by atoms with van der Waals surface area (Å²) in [4.78, 5) is 4.40. The minimum absolute atomic E-state index is 0.636. The molecule has 0 unspecified atom stereocenters. The molecule has 0 amide bonds. The number of nitrogens with one attached hydrogen (secondary N) is 1. The molecule has 1 N–H and O–H groups in total. The summed E-state index contributed by atoms with van der Waals surface area (Å²) >= 11 is 7.81. The minimum atomic E-state index is 0.636. The molecule has 0 aliphatic heterocycles. The van der Waals surface area contributed by atoms with E-state index in [2.05, 4.69) is 25.8 Å². The van der Waals surface area contributed by atoms with Crippen molar-refractivity contribution in [1.82, 2.24) is 25.2 Å². The van der Waals surface area contributed by atoms with E-state index in [0.717, 1.165) is 22.1 Å². The second-order valence-corrected chi connectivity index (χ2v) is 5.50. The first-order valence-corrected chi connectivity index (χ1v) is 7.16. The highest BCUT2D eigenvalue weighted by Gasteiger charge is 2.06. The molecular formula is C12H11ClN6S. The van der Waals surface area contributed by atoms with Crippen molar-refractivity contribution in [2.45, 2.75) is 13.5 Å². The number of nitrogens with zero attached hydrogens (tertiary/aromatic N) is 5. The molecule has 0 spiro atoms. The fourth-order valence-electron chi connectivity index (χ4n) is 1.73. The summed E-state index contributed by atoms with van der Waals surface area (Å²) in [6.07, 6.45) is 1.54. The van der Waals surface area contributed by atoms with Crippen LogP contribution in [0.5, 0.6) is 0 Å². The smallest absolute Gasteiger partial charge is 0.143 e. The lowest BCUT2D eigenvalue weighted by molar-refractivity contribution is 0.789. The van der Waals surface area contributed by atoms with E-state index in [0.29, 0.717) is 11.6 Å². The highest BCUT2D eigenvalue weighted by atomic mass is 35.5. The van der Waals surface area contributed by atoms with Gasteiger partial charge in [0.1, 0.15) is 11.3 Å². The van der Waals surface area contributed by atoms with Crippen LogP contribution in [0.25, 0.3) is 5.69 Å². The molecule has 2 heterocycles. The zero-order valence-electron chi connectivity index (χ0n) is 10.6. The van der Waals surface area contributed by atoms with Crippen molar-refractivity contribution in [3.63, 3.8) is 0 Å². The van der Waals surface area contributed by atoms with Crippen molar-refractivity contribution in [2.75, 3.05) is 5.32 Å². The molecule has 0 bridgehead atoms. The van der Waals surface area contributed by atoms with Crippen LogP contribution < -0.4 is 5.32 Å². The molecular weight excluding hydrogens is 296 g/mol. The maximum Gasteiger partial charge on any atom is 0.143 e. The Morgan fingerprint density at radius 3 is 3.00 bits per heavy atom. The van der Waals surface area contributed by atoms with E-state index in [-0.39, 0.29) is 0 Å². The van der Waals surface area contributed by atoms with Crippen molar-refractivity contribution in [3.05, 3.63) is 45.6 Å². The maximum atomic E-state index is 6.19. The number of tetrazole rings is 1. The molecule has 20 heavy (non-hydrogen) atoms. The monoisotopic (exact) mass is 306 g/mol. The van der Waals surface area contributed by atoms with Crippen molar-refractivity contribution in [2.24, 2.45) is 0 Å². The fraction of sp³-hybridized carbons (Fsp3) is 0.167. The summed E-state index contributed by atoms with van der Waals surface area (Å²) in [7, 11) is 0. The van der Waals surface area contributed by atoms with Crippen molar-refractivity contribution in [3.8, 4) is 5.69 Å². The molecule has 0 aliphatic carbocycles. The zero-order chi connectivity index (χ0) is 13.9. The summed E-state index contributed by atoms with van der Waals surface area (Å²) in [6.45, 7) is 2.61. The SMILES string of the molecule is Cc1csc(CNc2cc(-n3cnnn3)ccc2Cl)n1. The largest absolute Gasteiger partial charge is 0.377 e. The number of anilines is 1. The summed E-state index contributed by atoms with van der Waals surface area (Å²) in [5.74, 6) is 0. The lowest BCUT2D eigenvalue weighted by Gasteiger charge is -2.08. The average molecular weight is 307 g/mol. The fourth-order valence-corrected chi connectivity index (χ4v) is 2.62. The highest BCUT2D eigenvalue weighted by molar-refractivity contribution is 7.09. The Morgan fingerprint density at radius 1 is 1.40 bits per heavy atom. The number of hydrogen-bond donors (Lipinski definition) is 1. The summed E-state index contributed by atoms with van der Waals surface area (Å²) in [5, 5.41) is 18.1. The van der Waals surface area contributed by atoms with Gasteiger partial charge in [0, 0.05) is 11.1 Å². The minimum Gasteiger partial charge on any atom is -0.377 e. The van der Waals surface area contributed by atoms with Crippen LogP contribution in [0, 0.1) is 6.92 Å². The van der Waals surface area contributed by atoms with Crippen LogP contribution in [0.3, 0.4) is 0 Å². The van der Waals surface area contributed by atoms with Crippen LogP contribution in [0.2, 0.25) is 5.02 Å². The molecule has 0 atom stereocenters. The van der Waals surface area contributed by atoms with Crippen molar-refractivity contribution >= 4 is 28.6 Å². The van der Waals surface area contributed by atoms with E-state index in [1.54, 1.807) is 16.0 Å². The van der Waals surface area contributed by atoms with E-state index < -0.39 is 0 Å². The van der Waals surface area contributed by atoms with Gasteiger partial charge in [0.15, 0.2) is 0 Å². The molecule has 6 nitrogen and oxygen atoms in total. The van der Waals surface area contributed by atoms with Crippen LogP contribution in [0.1, 0.15) is 10.7 Å². The van der Waals surface area contributed by atoms with Gasteiger partial charge in [-0.25, -0.2) is 9.67 Å². The van der Waals surface area contributed by atoms with Crippen LogP contribution in [0.4, 0.5) is 5.69 Å². The lowest BCUT2D eigenvalue weighted by atomic mass is 10.2. The third kappa shape index (κ3) is 2.78. The Balaban J connectivity index is 1.80. The summed E-state index contributed by atoms with van der Waals surface area (Å²) < 4.78 is 1.58. The normalized spacial score (nSPS) is 10.7. The maximum absolute atomic E-state index is 6.19. The molecule has 3 aromatic rings. The average Bonchev–Trinajstić information content (AvgIpc) is 3.09. The van der Waals surface area contributed by atoms with Crippen LogP contribution in [0.15, 0.2) is 29.9 Å². The summed E-state index contributed by atoms with van der Waals surface area (Å²) in [6, 6.07) is 5.57. The Hall–Kier alpha value is -1.99. The van der Waals surface area contributed by atoms with Gasteiger partial charge >= 0.3 is 0 Å². The predicted octanol–water partition coefficient (Wildman–Crippen LogP) is 2.69. The summed E-state index contributed by atoms with van der Waals surface area (Å²) in [5.41, 5.74) is 2.70. The standard InChI is InChI=1S/C12H11ClN6S/c1-8-6-20-12(16-8)5-14-11-4-9(2-3-10(11)13)19-7-15-17-18-19/h2-4,6-7,14H,5H2,1H3. The first-order chi connectivity index (χ1) is 9.72. The molecule has 0 aliphatic rings. The van der Waals surface area contributed by atoms with Gasteiger partial charge in [0.25, 0.3) is 0 Å². The quantitative estimate of drug-likeness (QED) is 0.802. The molecule has 8 heteroatoms. The molecule has 0 radical (unpaired) electrons. The van der Waals surface area contributed by atoms with Gasteiger partial charge in [0.2, 0.25) is 0 Å². The molecule has 2 aromatic heterocycles. The van der Waals surface area contributed by atoms with Gasteiger partial charge in [-0.3, -0.25) is 0 Å². The van der Waals surface area contributed by atoms with E-state index in [4.69, 9.17) is 11.6 Å². The van der Waals surface area contributed by atoms with Gasteiger partial charge in [0.05, 0.1) is 22.9 Å². The third-order valence-corrected chi connectivity index (χ3v) is 3.96. The van der Waals surface area contributed by atoms with Gasteiger partial charge in [-0.05, 0) is 35.5 Å². The number of benzene rings is 1. The van der Waals surface area contributed by atoms with Crippen LogP contribution >= 0.6 is 22.9 Å². The van der Waals surface area contributed by atoms with Crippen molar-refractivity contribution in [1.29, 1.82) is 0 Å². The lowest BCUT2D eigenvalue weighted by Crippen LogP contribution is -2.02. The number of aromatic nitrogens is 5. The van der Waals surface area contributed by atoms with Crippen LogP contribution in [-0.2, 0) is 6.54 Å². The number of thiazole rings is 1. The molecule has 102 valence electrons. The first kappa shape index (κ1) is 13.0. The van der Waals surface area contributed by atoms with Crippen molar-refractivity contribution < 1.29 is 0 Å². The van der Waals surface area contributed by atoms with Gasteiger partial charge in [-0.2, -0.15) is 0 Å². The second-order valence-electron chi connectivity index (χ2n) is 4.15. The Labute approximate surface area is 124 Å². The molecule has 0 saturated carbocycles. The van der Waals surface area contributed by atoms with E-state index >= 15 is 0 Å². The van der Waals surface area contributed by atoms with E-state index in [9.17, 15) is 0 Å². The van der Waals surface area contributed by atoms with Gasteiger partial charge < -0.3 is 5.32 Å². The van der Waals surface area contributed by atoms with Crippen LogP contribution in [-0.4, -0.2) is 25.2 Å². The highest BCUT2D eigenvalue weighted by Crippen LogP contribution is 2.25. The molecule has 1 aromatic carbocycles.